The Morgan fingerprint density at radius 2 is 1.97 bits per heavy atom. The zero-order chi connectivity index (χ0) is 22.8. The van der Waals surface area contributed by atoms with E-state index in [9.17, 15) is 9.59 Å². The molecule has 32 heavy (non-hydrogen) atoms. The van der Waals surface area contributed by atoms with Crippen LogP contribution in [0.5, 0.6) is 0 Å². The van der Waals surface area contributed by atoms with Gasteiger partial charge >= 0.3 is 0 Å². The summed E-state index contributed by atoms with van der Waals surface area (Å²) in [7, 11) is 0. The first-order valence-corrected chi connectivity index (χ1v) is 12.2. The average molecular weight is 468 g/mol. The summed E-state index contributed by atoms with van der Waals surface area (Å²) < 4.78 is 5.48. The van der Waals surface area contributed by atoms with E-state index in [4.69, 9.17) is 4.42 Å². The van der Waals surface area contributed by atoms with Crippen molar-refractivity contribution in [3.63, 3.8) is 0 Å². The Morgan fingerprint density at radius 3 is 2.66 bits per heavy atom. The lowest BCUT2D eigenvalue weighted by atomic mass is 10.2. The Morgan fingerprint density at radius 1 is 1.22 bits per heavy atom. The number of fused-ring (bicyclic) bond motifs is 1. The van der Waals surface area contributed by atoms with Crippen molar-refractivity contribution in [2.45, 2.75) is 45.2 Å². The summed E-state index contributed by atoms with van der Waals surface area (Å²) in [5.74, 6) is 1.72. The maximum absolute atomic E-state index is 13.4. The molecule has 0 saturated heterocycles. The fourth-order valence-electron chi connectivity index (χ4n) is 3.44. The monoisotopic (exact) mass is 467 g/mol. The Kier molecular flexibility index (Phi) is 6.53. The number of furan rings is 1. The van der Waals surface area contributed by atoms with Crippen LogP contribution in [0.1, 0.15) is 34.5 Å². The summed E-state index contributed by atoms with van der Waals surface area (Å²) in [5, 5.41) is 0.327. The van der Waals surface area contributed by atoms with Gasteiger partial charge in [-0.05, 0) is 57.5 Å². The molecule has 0 aliphatic carbocycles. The number of nitrogens with one attached hydrogen (secondary N) is 1. The maximum Gasteiger partial charge on any atom is 0.259 e. The molecule has 0 saturated carbocycles. The first kappa shape index (κ1) is 22.4. The summed E-state index contributed by atoms with van der Waals surface area (Å²) >= 11 is 2.98. The fourth-order valence-corrected chi connectivity index (χ4v) is 5.31. The Balaban J connectivity index is 1.52. The number of hydrogen-bond donors (Lipinski definition) is 1. The second-order valence-corrected chi connectivity index (χ2v) is 10.3. The van der Waals surface area contributed by atoms with Crippen molar-refractivity contribution in [2.75, 3.05) is 4.90 Å². The number of rotatable bonds is 7. The molecule has 4 aromatic rings. The van der Waals surface area contributed by atoms with Crippen molar-refractivity contribution >= 4 is 44.9 Å². The van der Waals surface area contributed by atoms with E-state index in [1.807, 2.05) is 64.1 Å². The van der Waals surface area contributed by atoms with Gasteiger partial charge in [0.15, 0.2) is 0 Å². The molecule has 166 valence electrons. The van der Waals surface area contributed by atoms with Crippen LogP contribution in [0.3, 0.4) is 0 Å². The molecule has 1 unspecified atom stereocenters. The number of aromatic nitrogens is 2. The number of amides is 1. The van der Waals surface area contributed by atoms with Gasteiger partial charge in [-0.1, -0.05) is 17.7 Å². The number of thiophene rings is 1. The number of thioether (sulfide) groups is 1. The van der Waals surface area contributed by atoms with Crippen LogP contribution in [-0.4, -0.2) is 21.1 Å². The van der Waals surface area contributed by atoms with Gasteiger partial charge in [0.1, 0.15) is 16.4 Å². The van der Waals surface area contributed by atoms with E-state index in [1.54, 1.807) is 11.2 Å². The SMILES string of the molecule is Cc1ccc(N(Cc2ccco2)C(=O)C(C)SCc2nc3sc(C)c(C)c3c(=O)[nH]2)cc1. The number of benzene rings is 1. The highest BCUT2D eigenvalue weighted by Gasteiger charge is 2.24. The molecule has 8 heteroatoms. The van der Waals surface area contributed by atoms with Gasteiger partial charge in [0.2, 0.25) is 5.91 Å². The van der Waals surface area contributed by atoms with E-state index in [0.29, 0.717) is 23.5 Å². The second kappa shape index (κ2) is 9.34. The van der Waals surface area contributed by atoms with Gasteiger partial charge in [-0.2, -0.15) is 0 Å². The van der Waals surface area contributed by atoms with Crippen LogP contribution in [0.15, 0.2) is 51.9 Å². The minimum atomic E-state index is -0.334. The third kappa shape index (κ3) is 4.66. The van der Waals surface area contributed by atoms with Gasteiger partial charge in [0.05, 0.1) is 29.2 Å². The summed E-state index contributed by atoms with van der Waals surface area (Å²) in [5.41, 5.74) is 2.81. The molecule has 0 aliphatic heterocycles. The molecular weight excluding hydrogens is 442 g/mol. The van der Waals surface area contributed by atoms with Gasteiger partial charge in [-0.25, -0.2) is 4.98 Å². The fraction of sp³-hybridized carbons (Fsp3) is 0.292. The van der Waals surface area contributed by atoms with Crippen LogP contribution >= 0.6 is 23.1 Å². The second-order valence-electron chi connectivity index (χ2n) is 7.77. The normalized spacial score (nSPS) is 12.2. The van der Waals surface area contributed by atoms with Crippen molar-refractivity contribution in [3.05, 3.63) is 80.6 Å². The molecule has 1 aromatic carbocycles. The highest BCUT2D eigenvalue weighted by Crippen LogP contribution is 2.27. The summed E-state index contributed by atoms with van der Waals surface area (Å²) in [4.78, 5) is 37.0. The zero-order valence-corrected chi connectivity index (χ0v) is 20.1. The van der Waals surface area contributed by atoms with Crippen molar-refractivity contribution in [3.8, 4) is 0 Å². The lowest BCUT2D eigenvalue weighted by Crippen LogP contribution is -2.36. The van der Waals surface area contributed by atoms with Crippen molar-refractivity contribution in [1.82, 2.24) is 9.97 Å². The predicted octanol–water partition coefficient (Wildman–Crippen LogP) is 5.36. The van der Waals surface area contributed by atoms with Gasteiger partial charge < -0.3 is 14.3 Å². The van der Waals surface area contributed by atoms with Crippen LogP contribution in [-0.2, 0) is 17.1 Å². The number of carbonyl (C=O) groups excluding carboxylic acids is 1. The Hall–Kier alpha value is -2.84. The van der Waals surface area contributed by atoms with E-state index < -0.39 is 0 Å². The number of carbonyl (C=O) groups is 1. The molecule has 0 spiro atoms. The van der Waals surface area contributed by atoms with E-state index in [-0.39, 0.29) is 16.7 Å². The smallest absolute Gasteiger partial charge is 0.259 e. The number of aromatic amines is 1. The minimum absolute atomic E-state index is 0.0264. The lowest BCUT2D eigenvalue weighted by molar-refractivity contribution is -0.118. The van der Waals surface area contributed by atoms with E-state index >= 15 is 0 Å². The van der Waals surface area contributed by atoms with Crippen molar-refractivity contribution in [2.24, 2.45) is 0 Å². The van der Waals surface area contributed by atoms with Crippen LogP contribution in [0, 0.1) is 20.8 Å². The molecule has 3 aromatic heterocycles. The molecule has 0 aliphatic rings. The molecule has 1 atom stereocenters. The molecule has 4 rings (SSSR count). The van der Waals surface area contributed by atoms with Crippen LogP contribution in [0.4, 0.5) is 5.69 Å². The number of nitrogens with zero attached hydrogens (tertiary/aromatic N) is 2. The van der Waals surface area contributed by atoms with Crippen molar-refractivity contribution in [1.29, 1.82) is 0 Å². The number of hydrogen-bond acceptors (Lipinski definition) is 6. The van der Waals surface area contributed by atoms with Crippen LogP contribution in [0.2, 0.25) is 0 Å². The molecule has 1 amide bonds. The summed E-state index contributed by atoms with van der Waals surface area (Å²) in [6, 6.07) is 11.6. The average Bonchev–Trinajstić information content (AvgIpc) is 3.38. The number of anilines is 1. The maximum atomic E-state index is 13.4. The molecule has 6 nitrogen and oxygen atoms in total. The Bertz CT molecular complexity index is 1290. The van der Waals surface area contributed by atoms with E-state index in [1.165, 1.54) is 23.1 Å². The lowest BCUT2D eigenvalue weighted by Gasteiger charge is -2.25. The van der Waals surface area contributed by atoms with E-state index in [0.717, 1.165) is 32.3 Å². The van der Waals surface area contributed by atoms with Crippen LogP contribution < -0.4 is 10.5 Å². The third-order valence-electron chi connectivity index (χ3n) is 5.41. The number of aryl methyl sites for hydroxylation is 3. The first-order chi connectivity index (χ1) is 15.3. The first-order valence-electron chi connectivity index (χ1n) is 10.3. The highest BCUT2D eigenvalue weighted by atomic mass is 32.2. The molecule has 0 fully saturated rings. The molecule has 0 radical (unpaired) electrons. The van der Waals surface area contributed by atoms with Crippen LogP contribution in [0.25, 0.3) is 10.2 Å². The van der Waals surface area contributed by atoms with Gasteiger partial charge in [0.25, 0.3) is 5.56 Å². The van der Waals surface area contributed by atoms with E-state index in [2.05, 4.69) is 9.97 Å². The third-order valence-corrected chi connectivity index (χ3v) is 7.65. The van der Waals surface area contributed by atoms with Gasteiger partial charge in [-0.3, -0.25) is 9.59 Å². The largest absolute Gasteiger partial charge is 0.467 e. The Labute approximate surface area is 194 Å². The molecule has 3 heterocycles. The summed E-state index contributed by atoms with van der Waals surface area (Å²) in [6.07, 6.45) is 1.61. The molecular formula is C24H25N3O3S2. The van der Waals surface area contributed by atoms with Crippen molar-refractivity contribution < 1.29 is 9.21 Å². The highest BCUT2D eigenvalue weighted by molar-refractivity contribution is 7.99. The molecule has 1 N–H and O–H groups in total. The van der Waals surface area contributed by atoms with Gasteiger partial charge in [0, 0.05) is 10.6 Å². The topological polar surface area (TPSA) is 79.2 Å². The summed E-state index contributed by atoms with van der Waals surface area (Å²) in [6.45, 7) is 8.19. The quantitative estimate of drug-likeness (QED) is 0.396. The predicted molar refractivity (Wildman–Crippen MR) is 132 cm³/mol. The van der Waals surface area contributed by atoms with Gasteiger partial charge in [-0.15, -0.1) is 23.1 Å². The minimum Gasteiger partial charge on any atom is -0.467 e. The zero-order valence-electron chi connectivity index (χ0n) is 18.5. The molecule has 0 bridgehead atoms. The standard InChI is InChI=1S/C24H25N3O3S2/c1-14-7-9-18(10-8-14)27(12-19-6-5-11-30-19)24(29)17(4)31-13-20-25-22(28)21-15(2)16(3)32-23(21)26-20/h5-11,17H,12-13H2,1-4H3,(H,25,26,28). The number of H-pyrrole nitrogens is 1.